The van der Waals surface area contributed by atoms with Crippen LogP contribution in [0.3, 0.4) is 0 Å². The molecule has 0 bridgehead atoms. The Morgan fingerprint density at radius 3 is 2.57 bits per heavy atom. The SMILES string of the molecule is C#CC(=O)N(c1ccc(OC)cc1OC)C(C(=O)NCC(=O)O)c1cccs1. The van der Waals surface area contributed by atoms with Gasteiger partial charge in [0.15, 0.2) is 6.04 Å². The van der Waals surface area contributed by atoms with Crippen LogP contribution in [0.4, 0.5) is 5.69 Å². The van der Waals surface area contributed by atoms with Gasteiger partial charge >= 0.3 is 11.9 Å². The van der Waals surface area contributed by atoms with Crippen LogP contribution < -0.4 is 19.7 Å². The van der Waals surface area contributed by atoms with E-state index in [4.69, 9.17) is 21.0 Å². The van der Waals surface area contributed by atoms with E-state index in [2.05, 4.69) is 5.32 Å². The maximum absolute atomic E-state index is 12.8. The van der Waals surface area contributed by atoms with Crippen LogP contribution in [0.25, 0.3) is 0 Å². The maximum Gasteiger partial charge on any atom is 0.322 e. The van der Waals surface area contributed by atoms with E-state index in [0.717, 1.165) is 4.90 Å². The van der Waals surface area contributed by atoms with Crippen LogP contribution in [0.15, 0.2) is 35.7 Å². The van der Waals surface area contributed by atoms with E-state index in [0.29, 0.717) is 10.6 Å². The Balaban J connectivity index is 2.60. The second-order valence-electron chi connectivity index (χ2n) is 5.39. The first-order valence-corrected chi connectivity index (χ1v) is 8.85. The van der Waals surface area contributed by atoms with E-state index in [1.54, 1.807) is 29.6 Å². The number of hydrogen-bond acceptors (Lipinski definition) is 6. The molecule has 2 rings (SSSR count). The van der Waals surface area contributed by atoms with Gasteiger partial charge in [0.05, 0.1) is 19.9 Å². The number of carboxylic acids is 1. The number of carbonyl (C=O) groups excluding carboxylic acids is 2. The molecular weight excluding hydrogens is 384 g/mol. The van der Waals surface area contributed by atoms with Crippen molar-refractivity contribution >= 4 is 34.8 Å². The molecule has 0 saturated carbocycles. The minimum absolute atomic E-state index is 0.245. The summed E-state index contributed by atoms with van der Waals surface area (Å²) in [6.07, 6.45) is 5.34. The number of amides is 2. The fourth-order valence-electron chi connectivity index (χ4n) is 2.50. The lowest BCUT2D eigenvalue weighted by Gasteiger charge is -2.30. The highest BCUT2D eigenvalue weighted by Gasteiger charge is 2.34. The molecule has 2 amide bonds. The molecule has 28 heavy (non-hydrogen) atoms. The number of rotatable bonds is 8. The molecule has 8 nitrogen and oxygen atoms in total. The molecule has 2 N–H and O–H groups in total. The Morgan fingerprint density at radius 1 is 1.29 bits per heavy atom. The first-order valence-electron chi connectivity index (χ1n) is 7.97. The number of hydrogen-bond donors (Lipinski definition) is 2. The van der Waals surface area contributed by atoms with Gasteiger partial charge in [-0.15, -0.1) is 17.8 Å². The number of thiophene rings is 1. The third-order valence-corrected chi connectivity index (χ3v) is 4.65. The fraction of sp³-hybridized carbons (Fsp3) is 0.211. The van der Waals surface area contributed by atoms with Crippen LogP contribution in [0.2, 0.25) is 0 Å². The monoisotopic (exact) mass is 402 g/mol. The number of benzene rings is 1. The lowest BCUT2D eigenvalue weighted by Crippen LogP contribution is -2.44. The summed E-state index contributed by atoms with van der Waals surface area (Å²) < 4.78 is 10.5. The van der Waals surface area contributed by atoms with Crippen LogP contribution in [0, 0.1) is 12.3 Å². The molecule has 0 spiro atoms. The highest BCUT2D eigenvalue weighted by atomic mass is 32.1. The zero-order valence-corrected chi connectivity index (χ0v) is 16.0. The van der Waals surface area contributed by atoms with Crippen molar-refractivity contribution in [2.75, 3.05) is 25.7 Å². The Bertz CT molecular complexity index is 904. The summed E-state index contributed by atoms with van der Waals surface area (Å²) >= 11 is 1.23. The smallest absolute Gasteiger partial charge is 0.322 e. The molecule has 9 heteroatoms. The quantitative estimate of drug-likeness (QED) is 0.651. The number of methoxy groups -OCH3 is 2. The van der Waals surface area contributed by atoms with Crippen molar-refractivity contribution in [2.24, 2.45) is 0 Å². The average Bonchev–Trinajstić information content (AvgIpc) is 3.23. The third kappa shape index (κ3) is 4.61. The first kappa shape index (κ1) is 20.8. The summed E-state index contributed by atoms with van der Waals surface area (Å²) in [6, 6.07) is 6.87. The van der Waals surface area contributed by atoms with Crippen molar-refractivity contribution in [2.45, 2.75) is 6.04 Å². The molecule has 1 heterocycles. The van der Waals surface area contributed by atoms with Crippen molar-refractivity contribution in [1.82, 2.24) is 5.32 Å². The average molecular weight is 402 g/mol. The molecule has 0 aliphatic carbocycles. The van der Waals surface area contributed by atoms with Gasteiger partial charge in [-0.25, -0.2) is 0 Å². The largest absolute Gasteiger partial charge is 0.497 e. The van der Waals surface area contributed by atoms with Crippen LogP contribution in [-0.4, -0.2) is 43.7 Å². The second-order valence-corrected chi connectivity index (χ2v) is 6.37. The molecule has 0 saturated heterocycles. The number of anilines is 1. The standard InChI is InChI=1S/C19H18N2O6S/c1-4-16(22)21(13-8-7-12(26-2)10-14(13)27-3)18(15-6-5-9-28-15)19(25)20-11-17(23)24/h1,5-10,18H,11H2,2-3H3,(H,20,25)(H,23,24). The van der Waals surface area contributed by atoms with E-state index < -0.39 is 30.4 Å². The van der Waals surface area contributed by atoms with Gasteiger partial charge in [-0.1, -0.05) is 6.07 Å². The van der Waals surface area contributed by atoms with Gasteiger partial charge < -0.3 is 19.9 Å². The number of nitrogens with one attached hydrogen (secondary N) is 1. The first-order chi connectivity index (χ1) is 13.4. The lowest BCUT2D eigenvalue weighted by atomic mass is 10.1. The highest BCUT2D eigenvalue weighted by molar-refractivity contribution is 7.10. The predicted molar refractivity (Wildman–Crippen MR) is 104 cm³/mol. The van der Waals surface area contributed by atoms with Gasteiger partial charge in [-0.3, -0.25) is 19.3 Å². The normalized spacial score (nSPS) is 11.0. The molecule has 1 unspecified atom stereocenters. The van der Waals surface area contributed by atoms with E-state index >= 15 is 0 Å². The molecular formula is C19H18N2O6S. The Hall–Kier alpha value is -3.51. The van der Waals surface area contributed by atoms with Gasteiger partial charge in [-0.2, -0.15) is 0 Å². The topological polar surface area (TPSA) is 105 Å². The predicted octanol–water partition coefficient (Wildman–Crippen LogP) is 1.67. The van der Waals surface area contributed by atoms with E-state index in [-0.39, 0.29) is 11.4 Å². The van der Waals surface area contributed by atoms with Gasteiger partial charge in [0.2, 0.25) is 5.91 Å². The number of carbonyl (C=O) groups is 3. The number of carboxylic acid groups (broad SMARTS) is 1. The van der Waals surface area contributed by atoms with Gasteiger partial charge in [-0.05, 0) is 29.5 Å². The van der Waals surface area contributed by atoms with Crippen LogP contribution in [0.1, 0.15) is 10.9 Å². The van der Waals surface area contributed by atoms with Gasteiger partial charge in [0.1, 0.15) is 18.0 Å². The Kier molecular flexibility index (Phi) is 7.01. The molecule has 0 radical (unpaired) electrons. The molecule has 0 aliphatic rings. The van der Waals surface area contributed by atoms with E-state index in [1.165, 1.54) is 31.6 Å². The number of aliphatic carboxylic acids is 1. The highest BCUT2D eigenvalue weighted by Crippen LogP contribution is 2.38. The van der Waals surface area contributed by atoms with Crippen molar-refractivity contribution < 1.29 is 29.0 Å². The molecule has 0 fully saturated rings. The fourth-order valence-corrected chi connectivity index (χ4v) is 3.31. The van der Waals surface area contributed by atoms with Crippen LogP contribution in [0.5, 0.6) is 11.5 Å². The summed E-state index contributed by atoms with van der Waals surface area (Å²) in [5.74, 6) is 0.0707. The van der Waals surface area contributed by atoms with Crippen LogP contribution in [-0.2, 0) is 14.4 Å². The Morgan fingerprint density at radius 2 is 2.04 bits per heavy atom. The summed E-state index contributed by atoms with van der Waals surface area (Å²) in [5.41, 5.74) is 0.245. The number of ether oxygens (including phenoxy) is 2. The number of nitrogens with zero attached hydrogens (tertiary/aromatic N) is 1. The minimum Gasteiger partial charge on any atom is -0.497 e. The Labute approximate surface area is 165 Å². The molecule has 1 atom stereocenters. The van der Waals surface area contributed by atoms with Gasteiger partial charge in [0, 0.05) is 10.9 Å². The van der Waals surface area contributed by atoms with E-state index in [9.17, 15) is 14.4 Å². The zero-order chi connectivity index (χ0) is 20.7. The van der Waals surface area contributed by atoms with Gasteiger partial charge in [0.25, 0.3) is 0 Å². The van der Waals surface area contributed by atoms with Crippen molar-refractivity contribution in [3.05, 3.63) is 40.6 Å². The van der Waals surface area contributed by atoms with E-state index in [1.807, 2.05) is 5.92 Å². The molecule has 146 valence electrons. The van der Waals surface area contributed by atoms with Crippen molar-refractivity contribution in [3.63, 3.8) is 0 Å². The third-order valence-electron chi connectivity index (χ3n) is 3.72. The summed E-state index contributed by atoms with van der Waals surface area (Å²) in [6.45, 7) is -0.599. The van der Waals surface area contributed by atoms with Crippen LogP contribution >= 0.6 is 11.3 Å². The maximum atomic E-state index is 12.8. The van der Waals surface area contributed by atoms with Crippen molar-refractivity contribution in [1.29, 1.82) is 0 Å². The molecule has 1 aromatic heterocycles. The lowest BCUT2D eigenvalue weighted by molar-refractivity contribution is -0.138. The molecule has 0 aliphatic heterocycles. The molecule has 2 aromatic rings. The summed E-state index contributed by atoms with van der Waals surface area (Å²) in [5, 5.41) is 12.9. The summed E-state index contributed by atoms with van der Waals surface area (Å²) in [7, 11) is 2.88. The molecule has 1 aromatic carbocycles. The minimum atomic E-state index is -1.21. The number of terminal acetylenes is 1. The summed E-state index contributed by atoms with van der Waals surface area (Å²) in [4.78, 5) is 37.9. The second kappa shape index (κ2) is 9.43. The van der Waals surface area contributed by atoms with Crippen molar-refractivity contribution in [3.8, 4) is 23.8 Å². The zero-order valence-electron chi connectivity index (χ0n) is 15.2.